The largest absolute Gasteiger partial charge is 2.00 e. The molecule has 5 heteroatoms. The average molecular weight is 665 g/mol. The summed E-state index contributed by atoms with van der Waals surface area (Å²) in [5.41, 5.74) is 1.10. The van der Waals surface area contributed by atoms with Crippen LogP contribution in [0.4, 0.5) is 0 Å². The number of carbonyl (C=O) groups is 1. The molecule has 0 N–H and O–H groups in total. The molecule has 2 aromatic carbocycles. The van der Waals surface area contributed by atoms with Gasteiger partial charge in [-0.05, 0) is 71.7 Å². The van der Waals surface area contributed by atoms with Crippen molar-refractivity contribution in [3.8, 4) is 5.75 Å². The minimum Gasteiger partial charge on any atom is -0.525 e. The molecule has 118 valence electrons. The normalized spacial score (nSPS) is 11.6. The van der Waals surface area contributed by atoms with Crippen LogP contribution in [0.5, 0.6) is 5.75 Å². The number of rotatable bonds is 4. The molecule has 2 nitrogen and oxygen atoms in total. The number of carbonyl (C=O) groups excluding carboxylic acids is 1. The molecule has 0 saturated heterocycles. The van der Waals surface area contributed by atoms with E-state index in [1.54, 1.807) is 36.4 Å². The molecule has 0 amide bonds. The average Bonchev–Trinajstić information content (AvgIpc) is 3.39. The number of hydrogen-bond donors (Lipinski definition) is 0. The SMILES string of the molecule is [CH-]1CC1.[CH2-]COc1ccc(C(=O)c2cc(I)ccc2Cl)cc1.[U+2]. The Morgan fingerprint density at radius 2 is 1.83 bits per heavy atom. The van der Waals surface area contributed by atoms with Crippen LogP contribution in [-0.2, 0) is 0 Å². The minimum absolute atomic E-state index is 0. The van der Waals surface area contributed by atoms with Gasteiger partial charge in [-0.1, -0.05) is 11.6 Å². The fraction of sp³-hybridized carbons (Fsp3) is 0.167. The van der Waals surface area contributed by atoms with Crippen LogP contribution < -0.4 is 4.74 Å². The third-order valence-corrected chi connectivity index (χ3v) is 3.85. The Balaban J connectivity index is 0.000000592. The van der Waals surface area contributed by atoms with Crippen LogP contribution in [0, 0.1) is 48.0 Å². The molecule has 0 atom stereocenters. The van der Waals surface area contributed by atoms with Crippen LogP contribution in [0.25, 0.3) is 0 Å². The summed E-state index contributed by atoms with van der Waals surface area (Å²) in [7, 11) is 0. The van der Waals surface area contributed by atoms with Crippen LogP contribution in [0.3, 0.4) is 0 Å². The maximum Gasteiger partial charge on any atom is 2.00 e. The predicted octanol–water partition coefficient (Wildman–Crippen LogP) is 5.37. The molecule has 1 aliphatic rings. The molecule has 0 radical (unpaired) electrons. The molecule has 0 heterocycles. The maximum absolute atomic E-state index is 12.3. The van der Waals surface area contributed by atoms with E-state index in [1.165, 1.54) is 12.8 Å². The molecule has 0 unspecified atom stereocenters. The van der Waals surface area contributed by atoms with E-state index in [-0.39, 0.29) is 36.9 Å². The van der Waals surface area contributed by atoms with Crippen molar-refractivity contribution < 1.29 is 40.6 Å². The van der Waals surface area contributed by atoms with Crippen molar-refractivity contribution in [1.29, 1.82) is 0 Å². The summed E-state index contributed by atoms with van der Waals surface area (Å²) in [6.45, 7) is 3.96. The van der Waals surface area contributed by atoms with E-state index >= 15 is 0 Å². The van der Waals surface area contributed by atoms with Gasteiger partial charge < -0.3 is 18.1 Å². The number of hydrogen-bond acceptors (Lipinski definition) is 2. The summed E-state index contributed by atoms with van der Waals surface area (Å²) in [4.78, 5) is 12.3. The van der Waals surface area contributed by atoms with Crippen LogP contribution in [0.1, 0.15) is 28.8 Å². The van der Waals surface area contributed by atoms with Crippen LogP contribution >= 0.6 is 34.2 Å². The van der Waals surface area contributed by atoms with Crippen molar-refractivity contribution in [3.63, 3.8) is 0 Å². The Bertz CT molecular complexity index is 639. The first kappa shape index (κ1) is 21.0. The first-order chi connectivity index (χ1) is 10.6. The summed E-state index contributed by atoms with van der Waals surface area (Å²) in [5.74, 6) is 0.602. The standard InChI is InChI=1S/C15H11ClIO2.C3H5.U/c1-2-19-12-6-3-10(4-7-12)15(18)13-9-11(17)5-8-14(13)16;1-2-3-1;/h3-9H,1-2H2;1H,2-3H2;/q2*-1;+2. The Labute approximate surface area is 179 Å². The summed E-state index contributed by atoms with van der Waals surface area (Å²) < 4.78 is 6.21. The van der Waals surface area contributed by atoms with E-state index in [4.69, 9.17) is 16.3 Å². The molecule has 23 heavy (non-hydrogen) atoms. The number of ether oxygens (including phenoxy) is 1. The van der Waals surface area contributed by atoms with E-state index in [1.807, 2.05) is 6.07 Å². The third-order valence-electron chi connectivity index (χ3n) is 2.85. The van der Waals surface area contributed by atoms with E-state index in [2.05, 4.69) is 35.9 Å². The summed E-state index contributed by atoms with van der Waals surface area (Å²) >= 11 is 8.22. The van der Waals surface area contributed by atoms with Crippen molar-refractivity contribution in [1.82, 2.24) is 0 Å². The van der Waals surface area contributed by atoms with Gasteiger partial charge in [0.2, 0.25) is 0 Å². The monoisotopic (exact) mass is 664 g/mol. The zero-order valence-corrected chi connectivity index (χ0v) is 19.6. The molecule has 0 spiro atoms. The molecule has 2 aromatic rings. The van der Waals surface area contributed by atoms with Crippen molar-refractivity contribution >= 4 is 40.0 Å². The van der Waals surface area contributed by atoms with Gasteiger partial charge in [0.25, 0.3) is 0 Å². The molecule has 1 fully saturated rings. The van der Waals surface area contributed by atoms with Gasteiger partial charge in [0, 0.05) is 14.7 Å². The van der Waals surface area contributed by atoms with Crippen molar-refractivity contribution in [2.24, 2.45) is 0 Å². The molecule has 0 aromatic heterocycles. The zero-order chi connectivity index (χ0) is 15.9. The van der Waals surface area contributed by atoms with Crippen molar-refractivity contribution in [2.45, 2.75) is 12.8 Å². The van der Waals surface area contributed by atoms with Crippen LogP contribution in [0.15, 0.2) is 42.5 Å². The van der Waals surface area contributed by atoms with Gasteiger partial charge in [0.05, 0.1) is 5.02 Å². The quantitative estimate of drug-likeness (QED) is 0.250. The number of benzene rings is 2. The first-order valence-electron chi connectivity index (χ1n) is 6.95. The minimum atomic E-state index is -0.0929. The molecule has 1 aliphatic carbocycles. The van der Waals surface area contributed by atoms with Gasteiger partial charge in [-0.2, -0.15) is 0 Å². The smallest absolute Gasteiger partial charge is 0.525 e. The molecular formula is C18H16ClIO2U. The Hall–Kier alpha value is -0.0181. The van der Waals surface area contributed by atoms with Gasteiger partial charge in [-0.3, -0.25) is 4.79 Å². The fourth-order valence-corrected chi connectivity index (χ4v) is 2.34. The van der Waals surface area contributed by atoms with Crippen LogP contribution in [-0.4, -0.2) is 12.4 Å². The Kier molecular flexibility index (Phi) is 9.84. The van der Waals surface area contributed by atoms with E-state index in [0.29, 0.717) is 28.5 Å². The van der Waals surface area contributed by atoms with E-state index < -0.39 is 0 Å². The second-order valence-corrected chi connectivity index (χ2v) is 6.34. The summed E-state index contributed by atoms with van der Waals surface area (Å²) in [6.07, 6.45) is 5.00. The third kappa shape index (κ3) is 7.17. The maximum atomic E-state index is 12.3. The molecule has 0 aliphatic heterocycles. The Morgan fingerprint density at radius 3 is 2.35 bits per heavy atom. The first-order valence-corrected chi connectivity index (χ1v) is 8.41. The second-order valence-electron chi connectivity index (χ2n) is 4.69. The van der Waals surface area contributed by atoms with Crippen LogP contribution in [0.2, 0.25) is 5.02 Å². The van der Waals surface area contributed by atoms with Crippen molar-refractivity contribution in [3.05, 3.63) is 75.5 Å². The molecule has 1 saturated carbocycles. The molecule has 0 bridgehead atoms. The van der Waals surface area contributed by atoms with E-state index in [0.717, 1.165) is 3.57 Å². The zero-order valence-electron chi connectivity index (χ0n) is 12.5. The summed E-state index contributed by atoms with van der Waals surface area (Å²) in [5, 5.41) is 0.462. The van der Waals surface area contributed by atoms with Gasteiger partial charge in [0.1, 0.15) is 5.75 Å². The van der Waals surface area contributed by atoms with Gasteiger partial charge in [0.15, 0.2) is 5.78 Å². The number of ketones is 1. The molecular weight excluding hydrogens is 649 g/mol. The van der Waals surface area contributed by atoms with Gasteiger partial charge >= 0.3 is 31.1 Å². The number of halogens is 2. The van der Waals surface area contributed by atoms with Gasteiger partial charge in [-0.15, -0.1) is 0 Å². The predicted molar refractivity (Wildman–Crippen MR) is 98.4 cm³/mol. The Morgan fingerprint density at radius 1 is 1.22 bits per heavy atom. The van der Waals surface area contributed by atoms with E-state index in [9.17, 15) is 4.79 Å². The topological polar surface area (TPSA) is 26.3 Å². The van der Waals surface area contributed by atoms with Crippen molar-refractivity contribution in [2.75, 3.05) is 6.61 Å². The molecule has 3 rings (SSSR count). The second kappa shape index (κ2) is 10.8. The summed E-state index contributed by atoms with van der Waals surface area (Å²) in [6, 6.07) is 12.3. The fourth-order valence-electron chi connectivity index (χ4n) is 1.65. The van der Waals surface area contributed by atoms with Gasteiger partial charge in [-0.25, -0.2) is 12.8 Å².